The lowest BCUT2D eigenvalue weighted by molar-refractivity contribution is 0.0231. The fourth-order valence-electron chi connectivity index (χ4n) is 1.85. The Morgan fingerprint density at radius 1 is 1.37 bits per heavy atom. The molecule has 0 bridgehead atoms. The minimum Gasteiger partial charge on any atom is -0.389 e. The van der Waals surface area contributed by atoms with Crippen molar-refractivity contribution in [2.24, 2.45) is 0 Å². The predicted molar refractivity (Wildman–Crippen MR) is 79.7 cm³/mol. The van der Waals surface area contributed by atoms with Crippen LogP contribution in [0.25, 0.3) is 0 Å². The number of rotatable bonds is 8. The SMILES string of the molecule is COCCC(C)(O)CNC(C)Cc1ccc(Cl)cc1. The molecule has 0 saturated carbocycles. The molecular formula is C15H24ClNO2. The summed E-state index contributed by atoms with van der Waals surface area (Å²) in [5.74, 6) is 0. The van der Waals surface area contributed by atoms with Crippen LogP contribution in [0.15, 0.2) is 24.3 Å². The third-order valence-corrected chi connectivity index (χ3v) is 3.38. The first-order valence-electron chi connectivity index (χ1n) is 6.62. The molecule has 1 aromatic rings. The van der Waals surface area contributed by atoms with Gasteiger partial charge in [0.15, 0.2) is 0 Å². The topological polar surface area (TPSA) is 41.5 Å². The Kier molecular flexibility index (Phi) is 6.80. The molecule has 4 heteroatoms. The minimum absolute atomic E-state index is 0.301. The Morgan fingerprint density at radius 3 is 2.58 bits per heavy atom. The molecule has 19 heavy (non-hydrogen) atoms. The Morgan fingerprint density at radius 2 is 2.00 bits per heavy atom. The molecule has 2 unspecified atom stereocenters. The first-order valence-corrected chi connectivity index (χ1v) is 7.00. The lowest BCUT2D eigenvalue weighted by Crippen LogP contribution is -2.42. The van der Waals surface area contributed by atoms with Crippen LogP contribution in [0, 0.1) is 0 Å². The van der Waals surface area contributed by atoms with Crippen molar-refractivity contribution in [3.8, 4) is 0 Å². The van der Waals surface area contributed by atoms with E-state index in [0.717, 1.165) is 11.4 Å². The molecule has 3 nitrogen and oxygen atoms in total. The summed E-state index contributed by atoms with van der Waals surface area (Å²) in [7, 11) is 1.65. The van der Waals surface area contributed by atoms with Gasteiger partial charge in [-0.1, -0.05) is 23.7 Å². The van der Waals surface area contributed by atoms with Crippen LogP contribution in [-0.4, -0.2) is 37.0 Å². The Hall–Kier alpha value is -0.610. The van der Waals surface area contributed by atoms with Crippen LogP contribution < -0.4 is 5.32 Å². The monoisotopic (exact) mass is 285 g/mol. The molecule has 0 aliphatic heterocycles. The van der Waals surface area contributed by atoms with E-state index >= 15 is 0 Å². The van der Waals surface area contributed by atoms with Crippen molar-refractivity contribution in [1.29, 1.82) is 0 Å². The fourth-order valence-corrected chi connectivity index (χ4v) is 1.98. The zero-order chi connectivity index (χ0) is 14.3. The van der Waals surface area contributed by atoms with Crippen LogP contribution in [0.3, 0.4) is 0 Å². The molecule has 1 rings (SSSR count). The van der Waals surface area contributed by atoms with Gasteiger partial charge in [-0.2, -0.15) is 0 Å². The first kappa shape index (κ1) is 16.4. The maximum atomic E-state index is 10.1. The Bertz CT molecular complexity index is 365. The number of benzene rings is 1. The molecule has 0 heterocycles. The van der Waals surface area contributed by atoms with Crippen LogP contribution in [0.2, 0.25) is 5.02 Å². The molecule has 0 aliphatic rings. The Balaban J connectivity index is 2.34. The van der Waals surface area contributed by atoms with Crippen molar-refractivity contribution in [3.05, 3.63) is 34.9 Å². The van der Waals surface area contributed by atoms with Crippen LogP contribution in [0.5, 0.6) is 0 Å². The third-order valence-electron chi connectivity index (χ3n) is 3.13. The summed E-state index contributed by atoms with van der Waals surface area (Å²) in [4.78, 5) is 0. The molecule has 0 saturated heterocycles. The highest BCUT2D eigenvalue weighted by Gasteiger charge is 2.20. The molecule has 0 amide bonds. The van der Waals surface area contributed by atoms with E-state index in [-0.39, 0.29) is 0 Å². The van der Waals surface area contributed by atoms with Gasteiger partial charge in [0.2, 0.25) is 0 Å². The van der Waals surface area contributed by atoms with Crippen molar-refractivity contribution in [2.45, 2.75) is 38.3 Å². The molecule has 0 fully saturated rings. The number of ether oxygens (including phenoxy) is 1. The van der Waals surface area contributed by atoms with Gasteiger partial charge < -0.3 is 15.2 Å². The van der Waals surface area contributed by atoms with Crippen LogP contribution in [0.4, 0.5) is 0 Å². The van der Waals surface area contributed by atoms with Crippen LogP contribution >= 0.6 is 11.6 Å². The van der Waals surface area contributed by atoms with E-state index in [1.807, 2.05) is 31.2 Å². The molecule has 1 aromatic carbocycles. The fraction of sp³-hybridized carbons (Fsp3) is 0.600. The Labute approximate surface area is 120 Å². The number of hydrogen-bond acceptors (Lipinski definition) is 3. The lowest BCUT2D eigenvalue weighted by atomic mass is 10.0. The van der Waals surface area contributed by atoms with E-state index in [1.54, 1.807) is 7.11 Å². The van der Waals surface area contributed by atoms with Gasteiger partial charge in [0.25, 0.3) is 0 Å². The van der Waals surface area contributed by atoms with Crippen molar-refractivity contribution >= 4 is 11.6 Å². The highest BCUT2D eigenvalue weighted by Crippen LogP contribution is 2.12. The van der Waals surface area contributed by atoms with Crippen molar-refractivity contribution in [3.63, 3.8) is 0 Å². The second kappa shape index (κ2) is 7.85. The lowest BCUT2D eigenvalue weighted by Gasteiger charge is -2.25. The zero-order valence-electron chi connectivity index (χ0n) is 11.9. The van der Waals surface area contributed by atoms with E-state index in [0.29, 0.717) is 25.6 Å². The highest BCUT2D eigenvalue weighted by molar-refractivity contribution is 6.30. The molecule has 0 radical (unpaired) electrons. The summed E-state index contributed by atoms with van der Waals surface area (Å²) in [5.41, 5.74) is 0.505. The maximum absolute atomic E-state index is 10.1. The van der Waals surface area contributed by atoms with Gasteiger partial charge in [0.1, 0.15) is 0 Å². The maximum Gasteiger partial charge on any atom is 0.0765 e. The van der Waals surface area contributed by atoms with E-state index in [1.165, 1.54) is 5.56 Å². The van der Waals surface area contributed by atoms with Crippen molar-refractivity contribution < 1.29 is 9.84 Å². The number of aliphatic hydroxyl groups is 1. The first-order chi connectivity index (χ1) is 8.93. The molecule has 0 spiro atoms. The standard InChI is InChI=1S/C15H24ClNO2/c1-12(10-13-4-6-14(16)7-5-13)17-11-15(2,18)8-9-19-3/h4-7,12,17-18H,8-11H2,1-3H3. The average molecular weight is 286 g/mol. The molecule has 0 aromatic heterocycles. The van der Waals surface area contributed by atoms with Gasteiger partial charge in [-0.3, -0.25) is 0 Å². The molecule has 2 atom stereocenters. The number of halogens is 1. The number of hydrogen-bond donors (Lipinski definition) is 2. The van der Waals surface area contributed by atoms with E-state index < -0.39 is 5.60 Å². The largest absolute Gasteiger partial charge is 0.389 e. The quantitative estimate of drug-likeness (QED) is 0.772. The normalized spacial score (nSPS) is 16.1. The van der Waals surface area contributed by atoms with Gasteiger partial charge in [0, 0.05) is 37.7 Å². The molecule has 2 N–H and O–H groups in total. The van der Waals surface area contributed by atoms with Crippen molar-refractivity contribution in [2.75, 3.05) is 20.3 Å². The van der Waals surface area contributed by atoms with Gasteiger partial charge in [-0.25, -0.2) is 0 Å². The van der Waals surface area contributed by atoms with E-state index in [4.69, 9.17) is 16.3 Å². The summed E-state index contributed by atoms with van der Waals surface area (Å²) in [6.07, 6.45) is 1.54. The van der Waals surface area contributed by atoms with Gasteiger partial charge in [-0.15, -0.1) is 0 Å². The summed E-state index contributed by atoms with van der Waals surface area (Å²) in [6.45, 7) is 5.07. The minimum atomic E-state index is -0.732. The average Bonchev–Trinajstić information content (AvgIpc) is 2.37. The highest BCUT2D eigenvalue weighted by atomic mass is 35.5. The zero-order valence-corrected chi connectivity index (χ0v) is 12.7. The second-order valence-electron chi connectivity index (χ2n) is 5.35. The third kappa shape index (κ3) is 6.92. The number of methoxy groups -OCH3 is 1. The van der Waals surface area contributed by atoms with Crippen LogP contribution in [-0.2, 0) is 11.2 Å². The van der Waals surface area contributed by atoms with Crippen LogP contribution in [0.1, 0.15) is 25.8 Å². The van der Waals surface area contributed by atoms with Crippen molar-refractivity contribution in [1.82, 2.24) is 5.32 Å². The smallest absolute Gasteiger partial charge is 0.0765 e. The van der Waals surface area contributed by atoms with Gasteiger partial charge in [-0.05, 0) is 38.0 Å². The number of nitrogens with one attached hydrogen (secondary N) is 1. The van der Waals surface area contributed by atoms with Gasteiger partial charge >= 0.3 is 0 Å². The predicted octanol–water partition coefficient (Wildman–Crippen LogP) is 2.65. The van der Waals surface area contributed by atoms with Gasteiger partial charge in [0.05, 0.1) is 5.60 Å². The molecule has 108 valence electrons. The summed E-state index contributed by atoms with van der Waals surface area (Å²) >= 11 is 5.86. The summed E-state index contributed by atoms with van der Waals surface area (Å²) < 4.78 is 4.99. The van der Waals surface area contributed by atoms with E-state index in [2.05, 4.69) is 12.2 Å². The molecular weight excluding hydrogens is 262 g/mol. The molecule has 0 aliphatic carbocycles. The van der Waals surface area contributed by atoms with E-state index in [9.17, 15) is 5.11 Å². The summed E-state index contributed by atoms with van der Waals surface area (Å²) in [6, 6.07) is 8.17. The second-order valence-corrected chi connectivity index (χ2v) is 5.79. The summed E-state index contributed by atoms with van der Waals surface area (Å²) in [5, 5.41) is 14.2.